The molecule has 0 saturated carbocycles. The molecule has 0 fully saturated rings. The molecule has 0 saturated heterocycles. The molecule has 0 aliphatic carbocycles. The summed E-state index contributed by atoms with van der Waals surface area (Å²) in [6, 6.07) is 11.5. The Labute approximate surface area is 137 Å². The topological polar surface area (TPSA) is 38.3 Å². The highest BCUT2D eigenvalue weighted by Gasteiger charge is 2.08. The molecule has 3 nitrogen and oxygen atoms in total. The molecular formula is C14H10BrFINO2. The number of hydrogen-bond donors (Lipinski definition) is 1. The van der Waals surface area contributed by atoms with Crippen LogP contribution in [0.25, 0.3) is 0 Å². The molecule has 0 aliphatic rings. The third kappa shape index (κ3) is 4.17. The molecule has 1 N–H and O–H groups in total. The molecule has 2 rings (SSSR count). The number of nitrogens with one attached hydrogen (secondary N) is 1. The fraction of sp³-hybridized carbons (Fsp3) is 0.0714. The van der Waals surface area contributed by atoms with Crippen molar-refractivity contribution in [2.75, 3.05) is 11.9 Å². The van der Waals surface area contributed by atoms with Crippen LogP contribution in [0.2, 0.25) is 0 Å². The highest BCUT2D eigenvalue weighted by molar-refractivity contribution is 14.1. The first kappa shape index (κ1) is 15.2. The fourth-order valence-corrected chi connectivity index (χ4v) is 2.47. The van der Waals surface area contributed by atoms with Gasteiger partial charge in [0.05, 0.1) is 10.2 Å². The van der Waals surface area contributed by atoms with Crippen LogP contribution in [0.3, 0.4) is 0 Å². The molecule has 0 atom stereocenters. The lowest BCUT2D eigenvalue weighted by Crippen LogP contribution is -2.20. The Morgan fingerprint density at radius 2 is 2.05 bits per heavy atom. The Balaban J connectivity index is 1.94. The summed E-state index contributed by atoms with van der Waals surface area (Å²) in [7, 11) is 0. The van der Waals surface area contributed by atoms with Gasteiger partial charge >= 0.3 is 0 Å². The summed E-state index contributed by atoms with van der Waals surface area (Å²) in [5.41, 5.74) is 0.736. The number of carbonyl (C=O) groups excluding carboxylic acids is 1. The van der Waals surface area contributed by atoms with Crippen LogP contribution in [0.15, 0.2) is 46.9 Å². The Bertz CT molecular complexity index is 636. The Hall–Kier alpha value is -1.15. The fourth-order valence-electron chi connectivity index (χ4n) is 1.48. The number of ether oxygens (including phenoxy) is 1. The highest BCUT2D eigenvalue weighted by atomic mass is 127. The van der Waals surface area contributed by atoms with Gasteiger partial charge in [-0.3, -0.25) is 4.79 Å². The van der Waals surface area contributed by atoms with E-state index in [0.717, 1.165) is 9.26 Å². The van der Waals surface area contributed by atoms with Gasteiger partial charge in [-0.2, -0.15) is 0 Å². The van der Waals surface area contributed by atoms with Gasteiger partial charge in [-0.25, -0.2) is 4.39 Å². The lowest BCUT2D eigenvalue weighted by atomic mass is 10.3. The van der Waals surface area contributed by atoms with Gasteiger partial charge in [0.25, 0.3) is 5.91 Å². The zero-order valence-corrected chi connectivity index (χ0v) is 13.9. The molecule has 2 aromatic rings. The van der Waals surface area contributed by atoms with E-state index in [0.29, 0.717) is 10.2 Å². The minimum atomic E-state index is -0.368. The molecule has 2 aromatic carbocycles. The van der Waals surface area contributed by atoms with E-state index in [1.54, 1.807) is 0 Å². The number of anilines is 1. The molecule has 20 heavy (non-hydrogen) atoms. The molecular weight excluding hydrogens is 440 g/mol. The van der Waals surface area contributed by atoms with Gasteiger partial charge in [0.2, 0.25) is 0 Å². The van der Waals surface area contributed by atoms with E-state index in [1.165, 1.54) is 18.2 Å². The van der Waals surface area contributed by atoms with E-state index >= 15 is 0 Å². The van der Waals surface area contributed by atoms with Gasteiger partial charge in [0.1, 0.15) is 11.6 Å². The molecule has 0 spiro atoms. The maximum Gasteiger partial charge on any atom is 0.262 e. The largest absolute Gasteiger partial charge is 0.483 e. The molecule has 0 unspecified atom stereocenters. The lowest BCUT2D eigenvalue weighted by Gasteiger charge is -2.09. The normalized spacial score (nSPS) is 10.2. The Morgan fingerprint density at radius 1 is 1.30 bits per heavy atom. The molecule has 0 radical (unpaired) electrons. The van der Waals surface area contributed by atoms with Gasteiger partial charge in [0.15, 0.2) is 6.61 Å². The number of para-hydroxylation sites is 1. The average Bonchev–Trinajstić information content (AvgIpc) is 2.40. The van der Waals surface area contributed by atoms with Crippen LogP contribution in [-0.2, 0) is 4.79 Å². The second kappa shape index (κ2) is 7.03. The minimum Gasteiger partial charge on any atom is -0.483 e. The Morgan fingerprint density at radius 3 is 2.75 bits per heavy atom. The van der Waals surface area contributed by atoms with Gasteiger partial charge < -0.3 is 10.1 Å². The molecule has 6 heteroatoms. The predicted molar refractivity (Wildman–Crippen MR) is 87.4 cm³/mol. The first-order valence-electron chi connectivity index (χ1n) is 5.68. The summed E-state index contributed by atoms with van der Waals surface area (Å²) in [6.07, 6.45) is 0. The van der Waals surface area contributed by atoms with Crippen molar-refractivity contribution >= 4 is 50.1 Å². The molecule has 104 valence electrons. The van der Waals surface area contributed by atoms with E-state index < -0.39 is 0 Å². The average molecular weight is 450 g/mol. The van der Waals surface area contributed by atoms with E-state index in [2.05, 4.69) is 43.8 Å². The maximum absolute atomic E-state index is 12.9. The highest BCUT2D eigenvalue weighted by Crippen LogP contribution is 2.25. The summed E-state index contributed by atoms with van der Waals surface area (Å²) in [5, 5.41) is 2.75. The summed E-state index contributed by atoms with van der Waals surface area (Å²) in [4.78, 5) is 11.8. The smallest absolute Gasteiger partial charge is 0.262 e. The summed E-state index contributed by atoms with van der Waals surface area (Å²) in [6.45, 7) is -0.144. The third-order valence-corrected chi connectivity index (χ3v) is 3.96. The molecule has 0 aliphatic heterocycles. The van der Waals surface area contributed by atoms with Gasteiger partial charge in [0, 0.05) is 3.57 Å². The SMILES string of the molecule is O=C(COc1ccc(F)cc1Br)Nc1ccccc1I. The summed E-state index contributed by atoms with van der Waals surface area (Å²) in [5.74, 6) is -0.220. The van der Waals surface area contributed by atoms with Crippen molar-refractivity contribution in [1.29, 1.82) is 0 Å². The van der Waals surface area contributed by atoms with Crippen molar-refractivity contribution in [2.24, 2.45) is 0 Å². The summed E-state index contributed by atoms with van der Waals surface area (Å²) < 4.78 is 19.7. The van der Waals surface area contributed by atoms with Crippen LogP contribution in [0.1, 0.15) is 0 Å². The van der Waals surface area contributed by atoms with Crippen LogP contribution >= 0.6 is 38.5 Å². The third-order valence-electron chi connectivity index (χ3n) is 2.40. The van der Waals surface area contributed by atoms with E-state index in [4.69, 9.17) is 4.74 Å². The number of carbonyl (C=O) groups is 1. The maximum atomic E-state index is 12.9. The number of rotatable bonds is 4. The van der Waals surface area contributed by atoms with Crippen molar-refractivity contribution in [3.05, 3.63) is 56.3 Å². The number of benzene rings is 2. The zero-order chi connectivity index (χ0) is 14.5. The van der Waals surface area contributed by atoms with E-state index in [1.807, 2.05) is 24.3 Å². The first-order chi connectivity index (χ1) is 9.56. The minimum absolute atomic E-state index is 0.144. The predicted octanol–water partition coefficient (Wildman–Crippen LogP) is 4.21. The van der Waals surface area contributed by atoms with Crippen molar-refractivity contribution in [3.8, 4) is 5.75 Å². The number of hydrogen-bond acceptors (Lipinski definition) is 2. The van der Waals surface area contributed by atoms with E-state index in [-0.39, 0.29) is 18.3 Å². The van der Waals surface area contributed by atoms with Gasteiger partial charge in [-0.05, 0) is 68.9 Å². The van der Waals surface area contributed by atoms with Crippen LogP contribution < -0.4 is 10.1 Å². The monoisotopic (exact) mass is 449 g/mol. The van der Waals surface area contributed by atoms with Gasteiger partial charge in [-0.1, -0.05) is 12.1 Å². The first-order valence-corrected chi connectivity index (χ1v) is 7.55. The van der Waals surface area contributed by atoms with Crippen molar-refractivity contribution in [3.63, 3.8) is 0 Å². The van der Waals surface area contributed by atoms with Crippen molar-refractivity contribution < 1.29 is 13.9 Å². The lowest BCUT2D eigenvalue weighted by molar-refractivity contribution is -0.118. The molecule has 0 heterocycles. The van der Waals surface area contributed by atoms with Crippen LogP contribution in [0.4, 0.5) is 10.1 Å². The second-order valence-electron chi connectivity index (χ2n) is 3.89. The van der Waals surface area contributed by atoms with Crippen molar-refractivity contribution in [1.82, 2.24) is 0 Å². The molecule has 0 aromatic heterocycles. The molecule has 1 amide bonds. The second-order valence-corrected chi connectivity index (χ2v) is 5.91. The zero-order valence-electron chi connectivity index (χ0n) is 10.2. The molecule has 0 bridgehead atoms. The Kier molecular flexibility index (Phi) is 5.36. The van der Waals surface area contributed by atoms with Gasteiger partial charge in [-0.15, -0.1) is 0 Å². The van der Waals surface area contributed by atoms with Crippen LogP contribution in [0, 0.1) is 9.39 Å². The summed E-state index contributed by atoms with van der Waals surface area (Å²) >= 11 is 5.32. The number of amides is 1. The number of halogens is 3. The van der Waals surface area contributed by atoms with Crippen LogP contribution in [0.5, 0.6) is 5.75 Å². The van der Waals surface area contributed by atoms with E-state index in [9.17, 15) is 9.18 Å². The van der Waals surface area contributed by atoms with Crippen LogP contribution in [-0.4, -0.2) is 12.5 Å². The van der Waals surface area contributed by atoms with Crippen molar-refractivity contribution in [2.45, 2.75) is 0 Å². The standard InChI is InChI=1S/C14H10BrFINO2/c15-10-7-9(16)5-6-13(10)20-8-14(19)18-12-4-2-1-3-11(12)17/h1-7H,8H2,(H,18,19). The quantitative estimate of drug-likeness (QED) is 0.710.